The summed E-state index contributed by atoms with van der Waals surface area (Å²) in [4.78, 5) is 12.1. The lowest BCUT2D eigenvalue weighted by molar-refractivity contribution is -0.122. The molecule has 23 heavy (non-hydrogen) atoms. The van der Waals surface area contributed by atoms with Crippen LogP contribution in [0.1, 0.15) is 44.2 Å². The van der Waals surface area contributed by atoms with E-state index in [1.165, 1.54) is 12.1 Å². The topological polar surface area (TPSA) is 41.1 Å². The second-order valence-electron chi connectivity index (χ2n) is 5.78. The molecule has 1 atom stereocenters. The number of amides is 1. The summed E-state index contributed by atoms with van der Waals surface area (Å²) in [6.07, 6.45) is 3.58. The molecule has 1 aliphatic rings. The van der Waals surface area contributed by atoms with E-state index in [1.54, 1.807) is 6.92 Å². The summed E-state index contributed by atoms with van der Waals surface area (Å²) in [5.41, 5.74) is 0.429. The molecule has 1 heterocycles. The maximum atomic E-state index is 13.5. The largest absolute Gasteiger partial charge is 0.349 e. The van der Waals surface area contributed by atoms with Gasteiger partial charge in [0.1, 0.15) is 5.82 Å². The standard InChI is InChI=1S/C16H21Cl2FN2O.ClH/c1-10(15-12(17)3-4-13(19)16(15)18)21-14(22)5-2-11-6-8-20-9-7-11;/h3-4,10-11,20H,2,5-9H2,1H3,(H,21,22);1H. The van der Waals surface area contributed by atoms with E-state index in [0.717, 1.165) is 32.4 Å². The van der Waals surface area contributed by atoms with Crippen LogP contribution in [0.15, 0.2) is 12.1 Å². The zero-order valence-corrected chi connectivity index (χ0v) is 15.3. The Morgan fingerprint density at radius 3 is 2.70 bits per heavy atom. The molecular formula is C16H22Cl3FN2O. The van der Waals surface area contributed by atoms with Gasteiger partial charge in [0.25, 0.3) is 0 Å². The predicted octanol–water partition coefficient (Wildman–Crippen LogP) is 4.51. The van der Waals surface area contributed by atoms with Crippen LogP contribution < -0.4 is 10.6 Å². The Hall–Kier alpha value is -0.550. The Bertz CT molecular complexity index is 536. The lowest BCUT2D eigenvalue weighted by atomic mass is 9.93. The van der Waals surface area contributed by atoms with E-state index in [-0.39, 0.29) is 23.3 Å². The zero-order valence-electron chi connectivity index (χ0n) is 13.0. The SMILES string of the molecule is CC(NC(=O)CCC1CCNCC1)c1c(Cl)ccc(F)c1Cl.Cl. The van der Waals surface area contributed by atoms with Crippen molar-refractivity contribution in [2.75, 3.05) is 13.1 Å². The molecule has 130 valence electrons. The molecule has 1 aromatic rings. The van der Waals surface area contributed by atoms with Crippen molar-refractivity contribution < 1.29 is 9.18 Å². The highest BCUT2D eigenvalue weighted by molar-refractivity contribution is 6.36. The van der Waals surface area contributed by atoms with E-state index < -0.39 is 11.9 Å². The molecular weight excluding hydrogens is 362 g/mol. The van der Waals surface area contributed by atoms with Crippen molar-refractivity contribution in [2.24, 2.45) is 5.92 Å². The van der Waals surface area contributed by atoms with Gasteiger partial charge in [-0.1, -0.05) is 23.2 Å². The molecule has 0 aliphatic carbocycles. The molecule has 1 saturated heterocycles. The molecule has 1 fully saturated rings. The third kappa shape index (κ3) is 5.79. The summed E-state index contributed by atoms with van der Waals surface area (Å²) in [7, 11) is 0. The van der Waals surface area contributed by atoms with Gasteiger partial charge in [0, 0.05) is 17.0 Å². The summed E-state index contributed by atoms with van der Waals surface area (Å²) in [6, 6.07) is 2.26. The van der Waals surface area contributed by atoms with Crippen LogP contribution in [0.5, 0.6) is 0 Å². The first kappa shape index (κ1) is 20.5. The molecule has 2 rings (SSSR count). The maximum absolute atomic E-state index is 13.5. The van der Waals surface area contributed by atoms with Gasteiger partial charge in [0.15, 0.2) is 0 Å². The van der Waals surface area contributed by atoms with Crippen LogP contribution >= 0.6 is 35.6 Å². The van der Waals surface area contributed by atoms with Crippen molar-refractivity contribution in [3.8, 4) is 0 Å². The number of rotatable bonds is 5. The average molecular weight is 384 g/mol. The molecule has 1 aromatic carbocycles. The molecule has 0 bridgehead atoms. The number of benzene rings is 1. The third-order valence-electron chi connectivity index (χ3n) is 4.13. The molecule has 3 nitrogen and oxygen atoms in total. The fraction of sp³-hybridized carbons (Fsp3) is 0.562. The van der Waals surface area contributed by atoms with Crippen LogP contribution in [0.25, 0.3) is 0 Å². The second-order valence-corrected chi connectivity index (χ2v) is 6.56. The zero-order chi connectivity index (χ0) is 16.1. The van der Waals surface area contributed by atoms with Crippen molar-refractivity contribution >= 4 is 41.5 Å². The number of hydrogen-bond donors (Lipinski definition) is 2. The van der Waals surface area contributed by atoms with E-state index in [4.69, 9.17) is 23.2 Å². The van der Waals surface area contributed by atoms with E-state index in [0.29, 0.717) is 22.9 Å². The first-order valence-corrected chi connectivity index (χ1v) is 8.38. The number of piperidine rings is 1. The van der Waals surface area contributed by atoms with E-state index in [1.807, 2.05) is 0 Å². The highest BCUT2D eigenvalue weighted by Crippen LogP contribution is 2.32. The lowest BCUT2D eigenvalue weighted by Gasteiger charge is -2.23. The fourth-order valence-electron chi connectivity index (χ4n) is 2.83. The first-order valence-electron chi connectivity index (χ1n) is 7.62. The summed E-state index contributed by atoms with van der Waals surface area (Å²) < 4.78 is 13.5. The average Bonchev–Trinajstić information content (AvgIpc) is 2.50. The van der Waals surface area contributed by atoms with Crippen molar-refractivity contribution in [2.45, 2.75) is 38.6 Å². The molecule has 2 N–H and O–H groups in total. The van der Waals surface area contributed by atoms with E-state index >= 15 is 0 Å². The van der Waals surface area contributed by atoms with Crippen LogP contribution in [-0.4, -0.2) is 19.0 Å². The Morgan fingerprint density at radius 2 is 2.04 bits per heavy atom. The number of carbonyl (C=O) groups is 1. The van der Waals surface area contributed by atoms with Gasteiger partial charge in [-0.05, 0) is 57.3 Å². The Balaban J connectivity index is 0.00000264. The normalized spacial score (nSPS) is 16.5. The van der Waals surface area contributed by atoms with Gasteiger partial charge in [-0.25, -0.2) is 4.39 Å². The second kappa shape index (κ2) is 9.67. The Kier molecular flexibility index (Phi) is 8.62. The Labute approximate surface area is 152 Å². The van der Waals surface area contributed by atoms with Crippen LogP contribution in [0.2, 0.25) is 10.0 Å². The minimum absolute atomic E-state index is 0. The molecule has 0 radical (unpaired) electrons. The lowest BCUT2D eigenvalue weighted by Crippen LogP contribution is -2.30. The minimum atomic E-state index is -0.531. The summed E-state index contributed by atoms with van der Waals surface area (Å²) in [5, 5.41) is 6.49. The van der Waals surface area contributed by atoms with Crippen LogP contribution in [0.3, 0.4) is 0 Å². The van der Waals surface area contributed by atoms with Crippen LogP contribution in [0.4, 0.5) is 4.39 Å². The van der Waals surface area contributed by atoms with E-state index in [2.05, 4.69) is 10.6 Å². The fourth-order valence-corrected chi connectivity index (χ4v) is 3.53. The van der Waals surface area contributed by atoms with Crippen molar-refractivity contribution in [3.05, 3.63) is 33.6 Å². The van der Waals surface area contributed by atoms with Crippen molar-refractivity contribution in [3.63, 3.8) is 0 Å². The van der Waals surface area contributed by atoms with Gasteiger partial charge in [-0.2, -0.15) is 0 Å². The summed E-state index contributed by atoms with van der Waals surface area (Å²) in [6.45, 7) is 3.81. The smallest absolute Gasteiger partial charge is 0.220 e. The summed E-state index contributed by atoms with van der Waals surface area (Å²) >= 11 is 12.0. The van der Waals surface area contributed by atoms with Gasteiger partial charge in [-0.15, -0.1) is 12.4 Å². The van der Waals surface area contributed by atoms with Gasteiger partial charge in [0.05, 0.1) is 11.1 Å². The summed E-state index contributed by atoms with van der Waals surface area (Å²) in [5.74, 6) is 0.0166. The number of carbonyl (C=O) groups excluding carboxylic acids is 1. The monoisotopic (exact) mass is 382 g/mol. The highest BCUT2D eigenvalue weighted by atomic mass is 35.5. The van der Waals surface area contributed by atoms with Crippen LogP contribution in [0, 0.1) is 11.7 Å². The maximum Gasteiger partial charge on any atom is 0.220 e. The Morgan fingerprint density at radius 1 is 1.39 bits per heavy atom. The van der Waals surface area contributed by atoms with Crippen molar-refractivity contribution in [1.29, 1.82) is 0 Å². The molecule has 0 aromatic heterocycles. The quantitative estimate of drug-likeness (QED) is 0.734. The first-order chi connectivity index (χ1) is 10.5. The minimum Gasteiger partial charge on any atom is -0.349 e. The van der Waals surface area contributed by atoms with Crippen molar-refractivity contribution in [1.82, 2.24) is 10.6 Å². The molecule has 0 saturated carbocycles. The number of halogens is 4. The van der Waals surface area contributed by atoms with Crippen LogP contribution in [-0.2, 0) is 4.79 Å². The van der Waals surface area contributed by atoms with Gasteiger partial charge in [0.2, 0.25) is 5.91 Å². The predicted molar refractivity (Wildman–Crippen MR) is 95.1 cm³/mol. The highest BCUT2D eigenvalue weighted by Gasteiger charge is 2.20. The van der Waals surface area contributed by atoms with E-state index in [9.17, 15) is 9.18 Å². The van der Waals surface area contributed by atoms with Gasteiger partial charge < -0.3 is 10.6 Å². The number of hydrogen-bond acceptors (Lipinski definition) is 2. The molecule has 1 unspecified atom stereocenters. The molecule has 0 spiro atoms. The third-order valence-corrected chi connectivity index (χ3v) is 4.84. The van der Waals surface area contributed by atoms with Gasteiger partial charge >= 0.3 is 0 Å². The number of nitrogens with one attached hydrogen (secondary N) is 2. The molecule has 1 aliphatic heterocycles. The molecule has 1 amide bonds. The van der Waals surface area contributed by atoms with Gasteiger partial charge in [-0.3, -0.25) is 4.79 Å². The molecule has 7 heteroatoms.